The number of benzene rings is 2. The highest BCUT2D eigenvalue weighted by atomic mass is 32.2. The number of hydrogen-bond acceptors (Lipinski definition) is 4. The molecule has 6 heteroatoms. The molecule has 2 aromatic heterocycles. The standard InChI is InChI=1S/C20H18N4OS/c1-13-6-8-16(9-7-13)17-11-18-19(25)21-22-20(24(18)23-17)26-12-15-5-3-4-14(2)10-15/h3-11H,12H2,1-2H3,(H,21,25). The molecule has 0 atom stereocenters. The van der Waals surface area contributed by atoms with Crippen LogP contribution in [0, 0.1) is 13.8 Å². The topological polar surface area (TPSA) is 63.0 Å². The fourth-order valence-electron chi connectivity index (χ4n) is 2.80. The smallest absolute Gasteiger partial charge is 0.266 e. The maximum absolute atomic E-state index is 12.2. The minimum atomic E-state index is -0.240. The van der Waals surface area contributed by atoms with Gasteiger partial charge in [0.05, 0.1) is 5.69 Å². The van der Waals surface area contributed by atoms with Gasteiger partial charge in [0, 0.05) is 11.3 Å². The van der Waals surface area contributed by atoms with Gasteiger partial charge in [0.15, 0.2) is 0 Å². The highest BCUT2D eigenvalue weighted by Crippen LogP contribution is 2.24. The van der Waals surface area contributed by atoms with E-state index in [-0.39, 0.29) is 5.56 Å². The van der Waals surface area contributed by atoms with E-state index < -0.39 is 0 Å². The molecule has 0 spiro atoms. The van der Waals surface area contributed by atoms with Crippen molar-refractivity contribution in [2.24, 2.45) is 0 Å². The normalized spacial score (nSPS) is 11.2. The van der Waals surface area contributed by atoms with Crippen molar-refractivity contribution in [1.82, 2.24) is 19.8 Å². The summed E-state index contributed by atoms with van der Waals surface area (Å²) < 4.78 is 1.63. The number of thioether (sulfide) groups is 1. The van der Waals surface area contributed by atoms with E-state index in [1.165, 1.54) is 16.7 Å². The Morgan fingerprint density at radius 1 is 1.04 bits per heavy atom. The molecule has 26 heavy (non-hydrogen) atoms. The van der Waals surface area contributed by atoms with Gasteiger partial charge in [0.2, 0.25) is 5.16 Å². The Balaban J connectivity index is 1.70. The summed E-state index contributed by atoms with van der Waals surface area (Å²) in [6.07, 6.45) is 0. The van der Waals surface area contributed by atoms with Crippen LogP contribution in [0.3, 0.4) is 0 Å². The van der Waals surface area contributed by atoms with Crippen LogP contribution in [0.25, 0.3) is 16.8 Å². The molecule has 5 nitrogen and oxygen atoms in total. The predicted molar refractivity (Wildman–Crippen MR) is 105 cm³/mol. The molecule has 0 amide bonds. The highest BCUT2D eigenvalue weighted by molar-refractivity contribution is 7.98. The van der Waals surface area contributed by atoms with Crippen LogP contribution in [0.15, 0.2) is 64.5 Å². The van der Waals surface area contributed by atoms with Crippen LogP contribution < -0.4 is 5.56 Å². The molecule has 4 rings (SSSR count). The van der Waals surface area contributed by atoms with Crippen LogP contribution in [0.2, 0.25) is 0 Å². The Morgan fingerprint density at radius 2 is 1.85 bits per heavy atom. The summed E-state index contributed by atoms with van der Waals surface area (Å²) in [5.41, 5.74) is 5.63. The predicted octanol–water partition coefficient (Wildman–Crippen LogP) is 3.99. The first-order valence-corrected chi connectivity index (χ1v) is 9.32. The third-order valence-electron chi connectivity index (χ3n) is 4.17. The largest absolute Gasteiger partial charge is 0.290 e. The molecule has 0 saturated carbocycles. The van der Waals surface area contributed by atoms with Gasteiger partial charge >= 0.3 is 0 Å². The maximum atomic E-state index is 12.2. The van der Waals surface area contributed by atoms with Crippen LogP contribution in [-0.4, -0.2) is 19.8 Å². The number of aryl methyl sites for hydroxylation is 2. The van der Waals surface area contributed by atoms with Crippen molar-refractivity contribution in [1.29, 1.82) is 0 Å². The minimum absolute atomic E-state index is 0.240. The molecule has 0 unspecified atom stereocenters. The fourth-order valence-corrected chi connectivity index (χ4v) is 3.65. The lowest BCUT2D eigenvalue weighted by molar-refractivity contribution is 0.728. The first-order chi connectivity index (χ1) is 12.6. The molecule has 1 N–H and O–H groups in total. The molecule has 4 aromatic rings. The number of aromatic nitrogens is 4. The summed E-state index contributed by atoms with van der Waals surface area (Å²) in [5, 5.41) is 12.1. The van der Waals surface area contributed by atoms with E-state index in [1.54, 1.807) is 16.3 Å². The lowest BCUT2D eigenvalue weighted by Gasteiger charge is -2.04. The van der Waals surface area contributed by atoms with Gasteiger partial charge in [-0.25, -0.2) is 9.61 Å². The van der Waals surface area contributed by atoms with Crippen LogP contribution in [0.4, 0.5) is 0 Å². The van der Waals surface area contributed by atoms with E-state index in [0.29, 0.717) is 10.7 Å². The first-order valence-electron chi connectivity index (χ1n) is 8.34. The Labute approximate surface area is 155 Å². The van der Waals surface area contributed by atoms with Crippen LogP contribution in [0.5, 0.6) is 0 Å². The molecule has 130 valence electrons. The monoisotopic (exact) mass is 362 g/mol. The Morgan fingerprint density at radius 3 is 2.62 bits per heavy atom. The summed E-state index contributed by atoms with van der Waals surface area (Å²) in [6.45, 7) is 4.12. The average Bonchev–Trinajstić information content (AvgIpc) is 3.08. The van der Waals surface area contributed by atoms with Crippen molar-refractivity contribution >= 4 is 17.3 Å². The number of nitrogens with one attached hydrogen (secondary N) is 1. The van der Waals surface area contributed by atoms with Gasteiger partial charge in [-0.05, 0) is 25.5 Å². The quantitative estimate of drug-likeness (QED) is 0.558. The van der Waals surface area contributed by atoms with Gasteiger partial charge in [-0.15, -0.1) is 5.10 Å². The van der Waals surface area contributed by atoms with Crippen LogP contribution in [0.1, 0.15) is 16.7 Å². The van der Waals surface area contributed by atoms with Gasteiger partial charge in [-0.1, -0.05) is 71.4 Å². The van der Waals surface area contributed by atoms with E-state index in [0.717, 1.165) is 17.0 Å². The molecule has 0 fully saturated rings. The fraction of sp³-hybridized carbons (Fsp3) is 0.150. The molecule has 0 aliphatic carbocycles. The molecule has 2 heterocycles. The van der Waals surface area contributed by atoms with Crippen molar-refractivity contribution < 1.29 is 0 Å². The number of H-pyrrole nitrogens is 1. The Hall–Kier alpha value is -2.86. The van der Waals surface area contributed by atoms with Gasteiger partial charge in [-0.2, -0.15) is 5.10 Å². The number of fused-ring (bicyclic) bond motifs is 1. The second kappa shape index (κ2) is 6.80. The summed E-state index contributed by atoms with van der Waals surface area (Å²) in [4.78, 5) is 12.2. The maximum Gasteiger partial charge on any atom is 0.290 e. The Kier molecular flexibility index (Phi) is 4.34. The van der Waals surface area contributed by atoms with Crippen LogP contribution >= 0.6 is 11.8 Å². The van der Waals surface area contributed by atoms with Gasteiger partial charge in [0.1, 0.15) is 5.52 Å². The van der Waals surface area contributed by atoms with Gasteiger partial charge in [-0.3, -0.25) is 4.79 Å². The zero-order valence-corrected chi connectivity index (χ0v) is 15.4. The van der Waals surface area contributed by atoms with Crippen LogP contribution in [-0.2, 0) is 5.75 Å². The molecule has 0 bridgehead atoms. The number of rotatable bonds is 4. The van der Waals surface area contributed by atoms with Crippen molar-refractivity contribution in [2.75, 3.05) is 0 Å². The molecule has 0 saturated heterocycles. The molecule has 0 aliphatic rings. The molecular weight excluding hydrogens is 344 g/mol. The number of hydrogen-bond donors (Lipinski definition) is 1. The number of nitrogens with zero attached hydrogens (tertiary/aromatic N) is 3. The second-order valence-electron chi connectivity index (χ2n) is 6.31. The van der Waals surface area contributed by atoms with Crippen molar-refractivity contribution in [2.45, 2.75) is 24.8 Å². The van der Waals surface area contributed by atoms with Gasteiger partial charge in [0.25, 0.3) is 5.56 Å². The second-order valence-corrected chi connectivity index (χ2v) is 7.25. The van der Waals surface area contributed by atoms with E-state index in [9.17, 15) is 4.79 Å². The molecule has 0 radical (unpaired) electrons. The molecular formula is C20H18N4OS. The van der Waals surface area contributed by atoms with E-state index >= 15 is 0 Å². The summed E-state index contributed by atoms with van der Waals surface area (Å²) in [5.74, 6) is 0.759. The zero-order chi connectivity index (χ0) is 18.1. The summed E-state index contributed by atoms with van der Waals surface area (Å²) in [6, 6.07) is 18.3. The first kappa shape index (κ1) is 16.6. The molecule has 2 aromatic carbocycles. The lowest BCUT2D eigenvalue weighted by Crippen LogP contribution is -2.13. The van der Waals surface area contributed by atoms with Crippen molar-refractivity contribution in [3.05, 3.63) is 81.6 Å². The minimum Gasteiger partial charge on any atom is -0.266 e. The van der Waals surface area contributed by atoms with E-state index in [4.69, 9.17) is 0 Å². The average molecular weight is 362 g/mol. The number of aromatic amines is 1. The zero-order valence-electron chi connectivity index (χ0n) is 14.6. The highest BCUT2D eigenvalue weighted by Gasteiger charge is 2.12. The summed E-state index contributed by atoms with van der Waals surface area (Å²) >= 11 is 1.55. The SMILES string of the molecule is Cc1ccc(-c2cc3c(=O)[nH]nc(SCc4cccc(C)c4)n3n2)cc1. The Bertz CT molecular complexity index is 1130. The third-order valence-corrected chi connectivity index (χ3v) is 5.17. The lowest BCUT2D eigenvalue weighted by atomic mass is 10.1. The third kappa shape index (κ3) is 3.28. The molecule has 0 aliphatic heterocycles. The van der Waals surface area contributed by atoms with E-state index in [1.807, 2.05) is 43.3 Å². The van der Waals surface area contributed by atoms with Crippen molar-refractivity contribution in [3.8, 4) is 11.3 Å². The summed E-state index contributed by atoms with van der Waals surface area (Å²) in [7, 11) is 0. The van der Waals surface area contributed by atoms with Crippen molar-refractivity contribution in [3.63, 3.8) is 0 Å². The van der Waals surface area contributed by atoms with Gasteiger partial charge < -0.3 is 0 Å². The van der Waals surface area contributed by atoms with E-state index in [2.05, 4.69) is 40.4 Å².